The second-order valence-corrected chi connectivity index (χ2v) is 6.30. The van der Waals surface area contributed by atoms with Crippen LogP contribution in [0.5, 0.6) is 5.75 Å². The van der Waals surface area contributed by atoms with Gasteiger partial charge in [0.25, 0.3) is 11.8 Å². The van der Waals surface area contributed by atoms with E-state index in [1.807, 2.05) is 18.2 Å². The predicted octanol–water partition coefficient (Wildman–Crippen LogP) is 3.82. The summed E-state index contributed by atoms with van der Waals surface area (Å²) in [6.45, 7) is 0.0478. The summed E-state index contributed by atoms with van der Waals surface area (Å²) in [7, 11) is 0. The first kappa shape index (κ1) is 20.1. The number of para-hydroxylation sites is 2. The highest BCUT2D eigenvalue weighted by molar-refractivity contribution is 6.06. The van der Waals surface area contributed by atoms with E-state index in [2.05, 4.69) is 10.6 Å². The fraction of sp³-hybridized carbons (Fsp3) is 0.130. The first-order valence-corrected chi connectivity index (χ1v) is 9.22. The van der Waals surface area contributed by atoms with Gasteiger partial charge in [0.1, 0.15) is 11.6 Å². The fourth-order valence-electron chi connectivity index (χ4n) is 2.73. The molecule has 0 fully saturated rings. The Bertz CT molecular complexity index is 977. The van der Waals surface area contributed by atoms with Crippen molar-refractivity contribution in [2.24, 2.45) is 0 Å². The highest BCUT2D eigenvalue weighted by Crippen LogP contribution is 2.19. The third-order valence-electron chi connectivity index (χ3n) is 4.20. The molecular weight excluding hydrogens is 371 g/mol. The summed E-state index contributed by atoms with van der Waals surface area (Å²) in [5.74, 6) is -0.659. The van der Waals surface area contributed by atoms with Gasteiger partial charge in [-0.15, -0.1) is 0 Å². The Morgan fingerprint density at radius 2 is 1.55 bits per heavy atom. The van der Waals surface area contributed by atoms with Gasteiger partial charge >= 0.3 is 0 Å². The van der Waals surface area contributed by atoms with Crippen LogP contribution in [0.3, 0.4) is 0 Å². The molecule has 0 heterocycles. The van der Waals surface area contributed by atoms with Crippen molar-refractivity contribution in [3.8, 4) is 5.75 Å². The van der Waals surface area contributed by atoms with Crippen LogP contribution in [0.15, 0.2) is 78.9 Å². The minimum absolute atomic E-state index is 0.243. The van der Waals surface area contributed by atoms with E-state index in [9.17, 15) is 14.0 Å². The van der Waals surface area contributed by atoms with Crippen LogP contribution in [0.2, 0.25) is 0 Å². The lowest BCUT2D eigenvalue weighted by Crippen LogP contribution is -2.31. The molecule has 0 aliphatic heterocycles. The van der Waals surface area contributed by atoms with Crippen molar-refractivity contribution in [3.05, 3.63) is 95.8 Å². The van der Waals surface area contributed by atoms with Gasteiger partial charge in [-0.2, -0.15) is 0 Å². The zero-order chi connectivity index (χ0) is 20.5. The first-order valence-electron chi connectivity index (χ1n) is 9.22. The summed E-state index contributed by atoms with van der Waals surface area (Å²) in [6.07, 6.45) is 0.383. The molecule has 148 valence electrons. The molecule has 0 spiro atoms. The van der Waals surface area contributed by atoms with Crippen molar-refractivity contribution < 1.29 is 18.7 Å². The van der Waals surface area contributed by atoms with E-state index >= 15 is 0 Å². The van der Waals surface area contributed by atoms with Crippen LogP contribution in [0.1, 0.15) is 15.9 Å². The van der Waals surface area contributed by atoms with Gasteiger partial charge in [-0.1, -0.05) is 48.5 Å². The molecule has 0 aliphatic rings. The number of hydrogen-bond donors (Lipinski definition) is 2. The van der Waals surface area contributed by atoms with Crippen LogP contribution < -0.4 is 15.4 Å². The van der Waals surface area contributed by atoms with Gasteiger partial charge in [0.15, 0.2) is 6.61 Å². The Morgan fingerprint density at radius 3 is 2.34 bits per heavy atom. The van der Waals surface area contributed by atoms with Crippen LogP contribution in [-0.4, -0.2) is 25.0 Å². The van der Waals surface area contributed by atoms with Crippen LogP contribution in [0.25, 0.3) is 0 Å². The lowest BCUT2D eigenvalue weighted by atomic mass is 10.1. The second-order valence-electron chi connectivity index (χ2n) is 6.30. The Labute approximate surface area is 168 Å². The lowest BCUT2D eigenvalue weighted by molar-refractivity contribution is -0.123. The SMILES string of the molecule is O=C(COc1ccccc1C(=O)Nc1ccccc1)NCCc1ccccc1F. The molecule has 3 aromatic carbocycles. The van der Waals surface area contributed by atoms with Gasteiger partial charge < -0.3 is 15.4 Å². The topological polar surface area (TPSA) is 67.4 Å². The quantitative estimate of drug-likeness (QED) is 0.613. The van der Waals surface area contributed by atoms with Crippen molar-refractivity contribution >= 4 is 17.5 Å². The molecular formula is C23H21FN2O3. The third-order valence-corrected chi connectivity index (χ3v) is 4.20. The van der Waals surface area contributed by atoms with Crippen LogP contribution in [0.4, 0.5) is 10.1 Å². The molecule has 0 radical (unpaired) electrons. The molecule has 2 N–H and O–H groups in total. The number of carbonyl (C=O) groups excluding carboxylic acids is 2. The van der Waals surface area contributed by atoms with Gasteiger partial charge in [-0.3, -0.25) is 9.59 Å². The summed E-state index contributed by atoms with van der Waals surface area (Å²) >= 11 is 0. The molecule has 5 nitrogen and oxygen atoms in total. The van der Waals surface area contributed by atoms with E-state index in [-0.39, 0.29) is 24.2 Å². The zero-order valence-corrected chi connectivity index (χ0v) is 15.7. The Morgan fingerprint density at radius 1 is 0.862 bits per heavy atom. The smallest absolute Gasteiger partial charge is 0.259 e. The Kier molecular flexibility index (Phi) is 6.95. The van der Waals surface area contributed by atoms with E-state index < -0.39 is 0 Å². The van der Waals surface area contributed by atoms with E-state index in [0.717, 1.165) is 0 Å². The van der Waals surface area contributed by atoms with Crippen molar-refractivity contribution in [3.63, 3.8) is 0 Å². The van der Waals surface area contributed by atoms with Gasteiger partial charge in [0, 0.05) is 12.2 Å². The van der Waals surface area contributed by atoms with Crippen molar-refractivity contribution in [2.45, 2.75) is 6.42 Å². The van der Waals surface area contributed by atoms with Gasteiger partial charge in [0.05, 0.1) is 5.56 Å². The molecule has 3 aromatic rings. The number of amides is 2. The number of carbonyl (C=O) groups is 2. The minimum atomic E-state index is -0.348. The molecule has 0 saturated carbocycles. The third kappa shape index (κ3) is 5.90. The van der Waals surface area contributed by atoms with Crippen molar-refractivity contribution in [2.75, 3.05) is 18.5 Å². The maximum Gasteiger partial charge on any atom is 0.259 e. The summed E-state index contributed by atoms with van der Waals surface area (Å²) in [4.78, 5) is 24.5. The van der Waals surface area contributed by atoms with Crippen LogP contribution >= 0.6 is 0 Å². The highest BCUT2D eigenvalue weighted by atomic mass is 19.1. The average molecular weight is 392 g/mol. The number of anilines is 1. The number of halogens is 1. The van der Waals surface area contributed by atoms with Crippen LogP contribution in [0, 0.1) is 5.82 Å². The number of rotatable bonds is 8. The zero-order valence-electron chi connectivity index (χ0n) is 15.7. The Balaban J connectivity index is 1.52. The molecule has 0 bridgehead atoms. The maximum atomic E-state index is 13.6. The normalized spacial score (nSPS) is 10.2. The molecule has 0 aliphatic carbocycles. The van der Waals surface area contributed by atoms with Crippen molar-refractivity contribution in [1.82, 2.24) is 5.32 Å². The minimum Gasteiger partial charge on any atom is -0.483 e. The van der Waals surface area contributed by atoms with E-state index in [1.165, 1.54) is 6.07 Å². The summed E-state index contributed by atoms with van der Waals surface area (Å²) in [5.41, 5.74) is 1.53. The van der Waals surface area contributed by atoms with Crippen LogP contribution in [-0.2, 0) is 11.2 Å². The predicted molar refractivity (Wildman–Crippen MR) is 109 cm³/mol. The molecule has 6 heteroatoms. The highest BCUT2D eigenvalue weighted by Gasteiger charge is 2.13. The summed E-state index contributed by atoms with van der Waals surface area (Å²) < 4.78 is 19.1. The molecule has 0 saturated heterocycles. The fourth-order valence-corrected chi connectivity index (χ4v) is 2.73. The number of ether oxygens (including phenoxy) is 1. The first-order chi connectivity index (χ1) is 14.1. The summed E-state index contributed by atoms with van der Waals surface area (Å²) in [6, 6.07) is 22.2. The standard InChI is InChI=1S/C23H21FN2O3/c24-20-12-6-4-8-17(20)14-15-25-22(27)16-29-21-13-7-5-11-19(21)23(28)26-18-9-2-1-3-10-18/h1-13H,14-16H2,(H,25,27)(H,26,28). The maximum absolute atomic E-state index is 13.6. The molecule has 3 rings (SSSR count). The number of nitrogens with one attached hydrogen (secondary N) is 2. The summed E-state index contributed by atoms with van der Waals surface area (Å²) in [5, 5.41) is 5.47. The lowest BCUT2D eigenvalue weighted by Gasteiger charge is -2.12. The van der Waals surface area contributed by atoms with Crippen molar-refractivity contribution in [1.29, 1.82) is 0 Å². The number of benzene rings is 3. The van der Waals surface area contributed by atoms with E-state index in [1.54, 1.807) is 54.6 Å². The molecule has 0 atom stereocenters. The average Bonchev–Trinajstić information content (AvgIpc) is 2.74. The molecule has 0 aromatic heterocycles. The largest absolute Gasteiger partial charge is 0.483 e. The number of hydrogen-bond acceptors (Lipinski definition) is 3. The monoisotopic (exact) mass is 392 g/mol. The van der Waals surface area contributed by atoms with Gasteiger partial charge in [-0.25, -0.2) is 4.39 Å². The Hall–Kier alpha value is -3.67. The molecule has 0 unspecified atom stereocenters. The molecule has 29 heavy (non-hydrogen) atoms. The molecule has 2 amide bonds. The van der Waals surface area contributed by atoms with Gasteiger partial charge in [-0.05, 0) is 42.3 Å². The second kappa shape index (κ2) is 10.0. The van der Waals surface area contributed by atoms with Gasteiger partial charge in [0.2, 0.25) is 0 Å². The van der Waals surface area contributed by atoms with E-state index in [4.69, 9.17) is 4.74 Å². The van der Waals surface area contributed by atoms with E-state index in [0.29, 0.717) is 35.5 Å².